The normalized spacial score (nSPS) is 23.0. The summed E-state index contributed by atoms with van der Waals surface area (Å²) in [6.07, 6.45) is 4.72. The van der Waals surface area contributed by atoms with E-state index in [1.54, 1.807) is 6.26 Å². The Labute approximate surface area is 102 Å². The molecule has 0 spiro atoms. The molecule has 1 atom stereocenters. The Hall–Kier alpha value is -0.880. The highest BCUT2D eigenvalue weighted by atomic mass is 32.2. The molecule has 1 saturated heterocycles. The Morgan fingerprint density at radius 1 is 1.59 bits per heavy atom. The summed E-state index contributed by atoms with van der Waals surface area (Å²) in [5, 5.41) is 2.55. The van der Waals surface area contributed by atoms with Gasteiger partial charge in [-0.1, -0.05) is 0 Å². The first kappa shape index (κ1) is 12.6. The van der Waals surface area contributed by atoms with Crippen LogP contribution in [0, 0.1) is 0 Å². The van der Waals surface area contributed by atoms with Gasteiger partial charge in [0, 0.05) is 0 Å². The lowest BCUT2D eigenvalue weighted by atomic mass is 10.2. The second kappa shape index (κ2) is 5.18. The van der Waals surface area contributed by atoms with Gasteiger partial charge in [0.15, 0.2) is 9.84 Å². The van der Waals surface area contributed by atoms with Crippen LogP contribution in [0.15, 0.2) is 10.7 Å². The van der Waals surface area contributed by atoms with Gasteiger partial charge in [-0.2, -0.15) is 0 Å². The lowest BCUT2D eigenvalue weighted by Gasteiger charge is -2.02. The molecule has 2 heterocycles. The topological polar surface area (TPSA) is 72.2 Å². The molecular weight excluding hydrogens is 240 g/mol. The Balaban J connectivity index is 2.03. The third-order valence-corrected chi connectivity index (χ3v) is 5.20. The number of aryl methyl sites for hydroxylation is 1. The molecule has 0 aromatic carbocycles. The van der Waals surface area contributed by atoms with Crippen molar-refractivity contribution in [2.45, 2.75) is 30.9 Å². The molecule has 0 aliphatic carbocycles. The zero-order valence-electron chi connectivity index (χ0n) is 9.98. The predicted molar refractivity (Wildman–Crippen MR) is 64.5 cm³/mol. The lowest BCUT2D eigenvalue weighted by molar-refractivity contribution is 0.476. The molecule has 6 heteroatoms. The Morgan fingerprint density at radius 3 is 3.06 bits per heavy atom. The third kappa shape index (κ3) is 2.87. The fourth-order valence-corrected chi connectivity index (χ4v) is 3.90. The van der Waals surface area contributed by atoms with E-state index >= 15 is 0 Å². The van der Waals surface area contributed by atoms with Crippen LogP contribution in [0.3, 0.4) is 0 Å². The van der Waals surface area contributed by atoms with E-state index in [9.17, 15) is 8.42 Å². The molecule has 0 bridgehead atoms. The summed E-state index contributed by atoms with van der Waals surface area (Å²) >= 11 is 0. The molecule has 1 aliphatic heterocycles. The van der Waals surface area contributed by atoms with Gasteiger partial charge < -0.3 is 9.73 Å². The van der Waals surface area contributed by atoms with E-state index in [-0.39, 0.29) is 5.75 Å². The van der Waals surface area contributed by atoms with Gasteiger partial charge in [-0.05, 0) is 39.3 Å². The molecule has 1 unspecified atom stereocenters. The molecule has 1 N–H and O–H groups in total. The van der Waals surface area contributed by atoms with Gasteiger partial charge in [-0.3, -0.25) is 0 Å². The van der Waals surface area contributed by atoms with E-state index < -0.39 is 15.1 Å². The molecule has 17 heavy (non-hydrogen) atoms. The monoisotopic (exact) mass is 258 g/mol. The number of rotatable bonds is 5. The van der Waals surface area contributed by atoms with Crippen LogP contribution in [0.1, 0.15) is 36.1 Å². The van der Waals surface area contributed by atoms with Crippen molar-refractivity contribution < 1.29 is 12.8 Å². The summed E-state index contributed by atoms with van der Waals surface area (Å²) in [5.41, 5.74) is 0.845. The van der Waals surface area contributed by atoms with Gasteiger partial charge in [0.2, 0.25) is 5.89 Å². The first-order valence-corrected chi connectivity index (χ1v) is 7.65. The van der Waals surface area contributed by atoms with Gasteiger partial charge in [-0.15, -0.1) is 0 Å². The van der Waals surface area contributed by atoms with Crippen LogP contribution in [0.2, 0.25) is 0 Å². The van der Waals surface area contributed by atoms with E-state index in [2.05, 4.69) is 10.3 Å². The van der Waals surface area contributed by atoms with Crippen molar-refractivity contribution in [1.82, 2.24) is 10.3 Å². The third-order valence-electron chi connectivity index (χ3n) is 3.03. The number of nitrogens with one attached hydrogen (secondary N) is 1. The minimum atomic E-state index is -3.02. The largest absolute Gasteiger partial charge is 0.447 e. The lowest BCUT2D eigenvalue weighted by Crippen LogP contribution is -2.09. The van der Waals surface area contributed by atoms with Gasteiger partial charge >= 0.3 is 0 Å². The van der Waals surface area contributed by atoms with Crippen molar-refractivity contribution in [2.24, 2.45) is 0 Å². The molecule has 1 aliphatic rings. The molecule has 2 rings (SSSR count). The van der Waals surface area contributed by atoms with Crippen LogP contribution in [0.4, 0.5) is 0 Å². The van der Waals surface area contributed by atoms with Crippen LogP contribution < -0.4 is 5.32 Å². The second-order valence-corrected chi connectivity index (χ2v) is 6.69. The SMILES string of the molecule is CNCCCc1coc(C2CCCS2(=O)=O)n1. The summed E-state index contributed by atoms with van der Waals surface area (Å²) in [6.45, 7) is 0.921. The van der Waals surface area contributed by atoms with E-state index in [1.807, 2.05) is 7.05 Å². The summed E-state index contributed by atoms with van der Waals surface area (Å²) < 4.78 is 28.7. The number of nitrogens with zero attached hydrogens (tertiary/aromatic N) is 1. The predicted octanol–water partition coefficient (Wildman–Crippen LogP) is 1.08. The summed E-state index contributed by atoms with van der Waals surface area (Å²) in [5.74, 6) is 0.636. The number of oxazole rings is 1. The molecule has 1 aromatic heterocycles. The highest BCUT2D eigenvalue weighted by molar-refractivity contribution is 7.91. The maximum absolute atomic E-state index is 11.7. The smallest absolute Gasteiger partial charge is 0.212 e. The Kier molecular flexibility index (Phi) is 3.83. The van der Waals surface area contributed by atoms with Crippen LogP contribution in [-0.2, 0) is 16.3 Å². The minimum Gasteiger partial charge on any atom is -0.447 e. The summed E-state index contributed by atoms with van der Waals surface area (Å²) in [4.78, 5) is 4.29. The first-order chi connectivity index (χ1) is 8.13. The number of aromatic nitrogens is 1. The molecule has 96 valence electrons. The molecule has 1 fully saturated rings. The van der Waals surface area contributed by atoms with Gasteiger partial charge in [-0.25, -0.2) is 13.4 Å². The molecule has 0 amide bonds. The molecular formula is C11H18N2O3S. The zero-order chi connectivity index (χ0) is 12.3. The minimum absolute atomic E-state index is 0.259. The number of hydrogen-bond donors (Lipinski definition) is 1. The maximum atomic E-state index is 11.7. The van der Waals surface area contributed by atoms with Crippen molar-refractivity contribution in [2.75, 3.05) is 19.3 Å². The van der Waals surface area contributed by atoms with Gasteiger partial charge in [0.1, 0.15) is 11.5 Å². The average molecular weight is 258 g/mol. The number of hydrogen-bond acceptors (Lipinski definition) is 5. The molecule has 5 nitrogen and oxygen atoms in total. The van der Waals surface area contributed by atoms with Gasteiger partial charge in [0.05, 0.1) is 11.4 Å². The van der Waals surface area contributed by atoms with Crippen molar-refractivity contribution >= 4 is 9.84 Å². The fourth-order valence-electron chi connectivity index (χ4n) is 2.10. The second-order valence-electron chi connectivity index (χ2n) is 4.38. The van der Waals surface area contributed by atoms with Crippen molar-refractivity contribution in [3.63, 3.8) is 0 Å². The number of sulfone groups is 1. The van der Waals surface area contributed by atoms with Crippen molar-refractivity contribution in [3.05, 3.63) is 17.8 Å². The molecule has 1 aromatic rings. The van der Waals surface area contributed by atoms with Crippen LogP contribution in [0.25, 0.3) is 0 Å². The maximum Gasteiger partial charge on any atom is 0.212 e. The highest BCUT2D eigenvalue weighted by Gasteiger charge is 2.36. The summed E-state index contributed by atoms with van der Waals surface area (Å²) in [6, 6.07) is 0. The highest BCUT2D eigenvalue weighted by Crippen LogP contribution is 2.33. The van der Waals surface area contributed by atoms with Crippen molar-refractivity contribution in [1.29, 1.82) is 0 Å². The van der Waals surface area contributed by atoms with Crippen LogP contribution >= 0.6 is 0 Å². The molecule has 0 radical (unpaired) electrons. The van der Waals surface area contributed by atoms with E-state index in [0.717, 1.165) is 25.1 Å². The van der Waals surface area contributed by atoms with Crippen molar-refractivity contribution in [3.8, 4) is 0 Å². The van der Waals surface area contributed by atoms with Crippen LogP contribution in [0.5, 0.6) is 0 Å². The standard InChI is InChI=1S/C11H18N2O3S/c1-12-6-2-4-9-8-16-11(13-9)10-5-3-7-17(10,14)15/h8,10,12H,2-7H2,1H3. The quantitative estimate of drug-likeness (QED) is 0.800. The average Bonchev–Trinajstić information content (AvgIpc) is 2.85. The van der Waals surface area contributed by atoms with Crippen LogP contribution in [-0.4, -0.2) is 32.7 Å². The molecule has 0 saturated carbocycles. The van der Waals surface area contributed by atoms with Gasteiger partial charge in [0.25, 0.3) is 0 Å². The Morgan fingerprint density at radius 2 is 2.41 bits per heavy atom. The van der Waals surface area contributed by atoms with E-state index in [1.165, 1.54) is 0 Å². The fraction of sp³-hybridized carbons (Fsp3) is 0.727. The van der Waals surface area contributed by atoms with E-state index in [0.29, 0.717) is 18.7 Å². The van der Waals surface area contributed by atoms with E-state index in [4.69, 9.17) is 4.42 Å². The zero-order valence-corrected chi connectivity index (χ0v) is 10.8. The first-order valence-electron chi connectivity index (χ1n) is 5.94. The Bertz CT molecular complexity index is 467. The summed E-state index contributed by atoms with van der Waals surface area (Å²) in [7, 11) is -1.12.